The average molecular weight is 493 g/mol. The quantitative estimate of drug-likeness (QED) is 0.0741. The Kier molecular flexibility index (Phi) is 25.8. The van der Waals surface area contributed by atoms with Gasteiger partial charge in [-0.1, -0.05) is 109 Å². The zero-order chi connectivity index (χ0) is 25.8. The Labute approximate surface area is 217 Å². The molecule has 204 valence electrons. The summed E-state index contributed by atoms with van der Waals surface area (Å²) in [6.07, 6.45) is 33.1. The van der Waals surface area contributed by atoms with Crippen molar-refractivity contribution in [2.45, 2.75) is 161 Å². The molecule has 0 saturated carbocycles. The maximum absolute atomic E-state index is 12.0. The Morgan fingerprint density at radius 2 is 1.17 bits per heavy atom. The zero-order valence-corrected chi connectivity index (χ0v) is 23.1. The number of hydrogen-bond acceptors (Lipinski definition) is 3. The third-order valence-corrected chi connectivity index (χ3v) is 6.50. The fraction of sp³-hybridized carbons (Fsp3) is 0.806. The van der Waals surface area contributed by atoms with Gasteiger partial charge >= 0.3 is 11.9 Å². The first kappa shape index (κ1) is 33.4. The van der Waals surface area contributed by atoms with Crippen molar-refractivity contribution in [1.82, 2.24) is 0 Å². The topological polar surface area (TPSA) is 63.6 Å². The molecule has 1 unspecified atom stereocenters. The lowest BCUT2D eigenvalue weighted by Gasteiger charge is -2.15. The number of rotatable bonds is 26. The number of esters is 1. The van der Waals surface area contributed by atoms with Crippen molar-refractivity contribution in [3.8, 4) is 0 Å². The van der Waals surface area contributed by atoms with Gasteiger partial charge in [-0.05, 0) is 57.8 Å². The summed E-state index contributed by atoms with van der Waals surface area (Å²) >= 11 is 0. The third-order valence-electron chi connectivity index (χ3n) is 6.50. The van der Waals surface area contributed by atoms with Crippen molar-refractivity contribution in [3.05, 3.63) is 24.3 Å². The van der Waals surface area contributed by atoms with E-state index < -0.39 is 5.97 Å². The summed E-state index contributed by atoms with van der Waals surface area (Å²) in [5.74, 6) is -0.921. The molecule has 0 aromatic carbocycles. The minimum atomic E-state index is -0.791. The molecule has 0 fully saturated rings. The van der Waals surface area contributed by atoms with E-state index in [0.717, 1.165) is 25.7 Å². The molecule has 0 saturated heterocycles. The molecule has 0 heterocycles. The number of allylic oxidation sites excluding steroid dienone is 4. The van der Waals surface area contributed by atoms with Crippen molar-refractivity contribution in [3.63, 3.8) is 0 Å². The number of carboxylic acid groups (broad SMARTS) is 1. The molecule has 4 heteroatoms. The first-order valence-corrected chi connectivity index (χ1v) is 14.8. The van der Waals surface area contributed by atoms with Crippen LogP contribution in [0.25, 0.3) is 0 Å². The van der Waals surface area contributed by atoms with E-state index >= 15 is 0 Å². The summed E-state index contributed by atoms with van der Waals surface area (Å²) < 4.78 is 5.49. The monoisotopic (exact) mass is 492 g/mol. The van der Waals surface area contributed by atoms with Crippen LogP contribution in [0, 0.1) is 0 Å². The van der Waals surface area contributed by atoms with Gasteiger partial charge in [-0.3, -0.25) is 9.59 Å². The van der Waals surface area contributed by atoms with Crippen molar-refractivity contribution in [1.29, 1.82) is 0 Å². The molecule has 0 amide bonds. The Bertz CT molecular complexity index is 538. The minimum absolute atomic E-state index is 0.130. The third kappa shape index (κ3) is 26.9. The van der Waals surface area contributed by atoms with Crippen LogP contribution in [0.3, 0.4) is 0 Å². The molecule has 0 aliphatic carbocycles. The first-order chi connectivity index (χ1) is 17.1. The molecule has 1 N–H and O–H groups in total. The molecule has 0 aromatic rings. The van der Waals surface area contributed by atoms with Gasteiger partial charge in [0.05, 0.1) is 0 Å². The molecular formula is C31H56O4. The van der Waals surface area contributed by atoms with E-state index in [1.54, 1.807) is 0 Å². The van der Waals surface area contributed by atoms with Gasteiger partial charge < -0.3 is 9.84 Å². The number of carbonyl (C=O) groups is 2. The van der Waals surface area contributed by atoms with Crippen LogP contribution in [0.15, 0.2) is 24.3 Å². The molecule has 1 atom stereocenters. The summed E-state index contributed by atoms with van der Waals surface area (Å²) in [5.41, 5.74) is 0. The van der Waals surface area contributed by atoms with Crippen molar-refractivity contribution in [2.24, 2.45) is 0 Å². The Morgan fingerprint density at radius 3 is 1.69 bits per heavy atom. The van der Waals surface area contributed by atoms with Crippen molar-refractivity contribution in [2.75, 3.05) is 0 Å². The molecule has 0 radical (unpaired) electrons. The number of hydrogen-bond donors (Lipinski definition) is 1. The Hall–Kier alpha value is -1.58. The van der Waals surface area contributed by atoms with Crippen LogP contribution in [0.2, 0.25) is 0 Å². The van der Waals surface area contributed by atoms with Gasteiger partial charge in [0.1, 0.15) is 6.10 Å². The largest absolute Gasteiger partial charge is 0.481 e. The fourth-order valence-electron chi connectivity index (χ4n) is 4.21. The number of carboxylic acids is 1. The van der Waals surface area contributed by atoms with E-state index in [2.05, 4.69) is 31.2 Å². The molecule has 0 aliphatic rings. The number of carbonyl (C=O) groups excluding carboxylic acids is 1. The van der Waals surface area contributed by atoms with E-state index in [4.69, 9.17) is 9.84 Å². The van der Waals surface area contributed by atoms with E-state index in [0.29, 0.717) is 19.3 Å². The maximum atomic E-state index is 12.0. The van der Waals surface area contributed by atoms with E-state index in [-0.39, 0.29) is 18.5 Å². The normalized spacial score (nSPS) is 12.5. The molecule has 4 nitrogen and oxygen atoms in total. The van der Waals surface area contributed by atoms with Crippen molar-refractivity contribution < 1.29 is 19.4 Å². The molecule has 35 heavy (non-hydrogen) atoms. The van der Waals surface area contributed by atoms with Gasteiger partial charge in [0.2, 0.25) is 0 Å². The summed E-state index contributed by atoms with van der Waals surface area (Å²) in [5, 5.41) is 8.71. The maximum Gasteiger partial charge on any atom is 0.306 e. The van der Waals surface area contributed by atoms with E-state index in [1.165, 1.54) is 89.9 Å². The SMILES string of the molecule is CCCCCCC/C=C\C/C=C\CCCCCCCCCCCC(=O)OC(CC)CCCC(=O)O. The lowest BCUT2D eigenvalue weighted by Crippen LogP contribution is -2.17. The Balaban J connectivity index is 3.39. The molecule has 0 spiro atoms. The standard InChI is InChI=1S/C31H56O4/c1-3-5-6-7-8-9-10-11-12-13-14-15-16-17-18-19-20-21-22-23-24-28-31(34)35-29(4-2)26-25-27-30(32)33/h10-11,13-14,29H,3-9,12,15-28H2,1-2H3,(H,32,33)/b11-10-,14-13-. The Morgan fingerprint density at radius 1 is 0.657 bits per heavy atom. The first-order valence-electron chi connectivity index (χ1n) is 14.8. The van der Waals surface area contributed by atoms with Gasteiger partial charge in [0.25, 0.3) is 0 Å². The number of unbranched alkanes of at least 4 members (excludes halogenated alkanes) is 14. The van der Waals surface area contributed by atoms with Gasteiger partial charge in [-0.2, -0.15) is 0 Å². The van der Waals surface area contributed by atoms with Crippen LogP contribution in [0.5, 0.6) is 0 Å². The summed E-state index contributed by atoms with van der Waals surface area (Å²) in [7, 11) is 0. The number of ether oxygens (including phenoxy) is 1. The second kappa shape index (κ2) is 27.0. The summed E-state index contributed by atoms with van der Waals surface area (Å²) in [6, 6.07) is 0. The molecular weight excluding hydrogens is 436 g/mol. The lowest BCUT2D eigenvalue weighted by atomic mass is 10.1. The van der Waals surface area contributed by atoms with Gasteiger partial charge in [-0.25, -0.2) is 0 Å². The van der Waals surface area contributed by atoms with Crippen LogP contribution in [0.1, 0.15) is 155 Å². The molecule has 0 rings (SSSR count). The van der Waals surface area contributed by atoms with Gasteiger partial charge in [0, 0.05) is 12.8 Å². The van der Waals surface area contributed by atoms with Crippen LogP contribution in [-0.2, 0) is 14.3 Å². The average Bonchev–Trinajstić information content (AvgIpc) is 2.84. The zero-order valence-electron chi connectivity index (χ0n) is 23.1. The van der Waals surface area contributed by atoms with Gasteiger partial charge in [0.15, 0.2) is 0 Å². The van der Waals surface area contributed by atoms with E-state index in [1.807, 2.05) is 6.92 Å². The van der Waals surface area contributed by atoms with Crippen LogP contribution in [-0.4, -0.2) is 23.1 Å². The van der Waals surface area contributed by atoms with Gasteiger partial charge in [-0.15, -0.1) is 0 Å². The predicted molar refractivity (Wildman–Crippen MR) is 149 cm³/mol. The predicted octanol–water partition coefficient (Wildman–Crippen LogP) is 9.72. The second-order valence-electron chi connectivity index (χ2n) is 9.91. The highest BCUT2D eigenvalue weighted by Gasteiger charge is 2.12. The number of aliphatic carboxylic acids is 1. The minimum Gasteiger partial charge on any atom is -0.481 e. The highest BCUT2D eigenvalue weighted by atomic mass is 16.5. The highest BCUT2D eigenvalue weighted by Crippen LogP contribution is 2.14. The summed E-state index contributed by atoms with van der Waals surface area (Å²) in [4.78, 5) is 22.6. The summed E-state index contributed by atoms with van der Waals surface area (Å²) in [6.45, 7) is 4.24. The lowest BCUT2D eigenvalue weighted by molar-refractivity contribution is -0.149. The van der Waals surface area contributed by atoms with E-state index in [9.17, 15) is 9.59 Å². The second-order valence-corrected chi connectivity index (χ2v) is 9.91. The van der Waals surface area contributed by atoms with Crippen LogP contribution < -0.4 is 0 Å². The smallest absolute Gasteiger partial charge is 0.306 e. The molecule has 0 aromatic heterocycles. The molecule has 0 bridgehead atoms. The van der Waals surface area contributed by atoms with Crippen molar-refractivity contribution >= 4 is 11.9 Å². The molecule has 0 aliphatic heterocycles. The van der Waals surface area contributed by atoms with Crippen LogP contribution >= 0.6 is 0 Å². The fourth-order valence-corrected chi connectivity index (χ4v) is 4.21. The van der Waals surface area contributed by atoms with Crippen LogP contribution in [0.4, 0.5) is 0 Å². The highest BCUT2D eigenvalue weighted by molar-refractivity contribution is 5.69.